The second kappa shape index (κ2) is 5.04. The second-order valence-corrected chi connectivity index (χ2v) is 5.56. The van der Waals surface area contributed by atoms with E-state index in [0.29, 0.717) is 15.7 Å². The fourth-order valence-electron chi connectivity index (χ4n) is 1.16. The van der Waals surface area contributed by atoms with Crippen LogP contribution in [-0.2, 0) is 4.74 Å². The zero-order valence-electron chi connectivity index (χ0n) is 10.2. The second-order valence-electron chi connectivity index (χ2n) is 4.71. The summed E-state index contributed by atoms with van der Waals surface area (Å²) < 4.78 is 19.0. The third-order valence-corrected chi connectivity index (χ3v) is 2.54. The number of benzene rings is 1. The fourth-order valence-corrected chi connectivity index (χ4v) is 1.71. The Bertz CT molecular complexity index is 441. The smallest absolute Gasteiger partial charge is 0.412 e. The van der Waals surface area contributed by atoms with Gasteiger partial charge in [0.2, 0.25) is 0 Å². The van der Waals surface area contributed by atoms with Gasteiger partial charge < -0.3 is 4.74 Å². The number of anilines is 1. The Labute approximate surface area is 108 Å². The van der Waals surface area contributed by atoms with Gasteiger partial charge >= 0.3 is 6.09 Å². The van der Waals surface area contributed by atoms with Gasteiger partial charge in [-0.15, -0.1) is 0 Å². The maximum absolute atomic E-state index is 13.3. The van der Waals surface area contributed by atoms with Crippen LogP contribution in [-0.4, -0.2) is 11.7 Å². The van der Waals surface area contributed by atoms with Crippen molar-refractivity contribution >= 4 is 27.7 Å². The van der Waals surface area contributed by atoms with Crippen LogP contribution in [0.5, 0.6) is 0 Å². The summed E-state index contributed by atoms with van der Waals surface area (Å²) in [5.41, 5.74) is 0.272. The Hall–Kier alpha value is -1.10. The number of ether oxygens (including phenoxy) is 1. The fraction of sp³-hybridized carbons (Fsp3) is 0.417. The van der Waals surface area contributed by atoms with E-state index in [0.717, 1.165) is 0 Å². The third-order valence-electron chi connectivity index (χ3n) is 1.88. The third kappa shape index (κ3) is 4.34. The topological polar surface area (TPSA) is 38.3 Å². The molecule has 1 N–H and O–H groups in total. The molecule has 0 aromatic heterocycles. The van der Waals surface area contributed by atoms with Gasteiger partial charge in [-0.05, 0) is 61.3 Å². The molecule has 0 aliphatic carbocycles. The van der Waals surface area contributed by atoms with Gasteiger partial charge in [-0.1, -0.05) is 0 Å². The van der Waals surface area contributed by atoms with E-state index < -0.39 is 11.7 Å². The molecule has 1 rings (SSSR count). The number of hydrogen-bond donors (Lipinski definition) is 1. The molecule has 0 bridgehead atoms. The molecule has 0 saturated heterocycles. The minimum absolute atomic E-state index is 0.349. The van der Waals surface area contributed by atoms with Gasteiger partial charge in [0.05, 0.1) is 5.69 Å². The zero-order valence-corrected chi connectivity index (χ0v) is 11.8. The van der Waals surface area contributed by atoms with Gasteiger partial charge in [-0.2, -0.15) is 0 Å². The maximum atomic E-state index is 13.3. The van der Waals surface area contributed by atoms with Crippen molar-refractivity contribution in [2.24, 2.45) is 0 Å². The molecule has 1 aromatic carbocycles. The zero-order chi connectivity index (χ0) is 13.2. The van der Waals surface area contributed by atoms with Crippen LogP contribution in [0.3, 0.4) is 0 Å². The first-order chi connectivity index (χ1) is 7.69. The van der Waals surface area contributed by atoms with Crippen molar-refractivity contribution in [1.82, 2.24) is 0 Å². The van der Waals surface area contributed by atoms with Crippen molar-refractivity contribution in [3.05, 3.63) is 28.0 Å². The highest BCUT2D eigenvalue weighted by Gasteiger charge is 2.17. The van der Waals surface area contributed by atoms with Crippen molar-refractivity contribution in [3.8, 4) is 0 Å². The van der Waals surface area contributed by atoms with Gasteiger partial charge in [0.1, 0.15) is 11.4 Å². The summed E-state index contributed by atoms with van der Waals surface area (Å²) in [4.78, 5) is 11.5. The Balaban J connectivity index is 2.82. The molecule has 94 valence electrons. The number of aryl methyl sites for hydroxylation is 1. The van der Waals surface area contributed by atoms with Crippen molar-refractivity contribution < 1.29 is 13.9 Å². The van der Waals surface area contributed by atoms with Crippen LogP contribution in [0, 0.1) is 12.7 Å². The standard InChI is InChI=1S/C12H15BrFNO2/c1-7-5-8(13)10(6-9(7)14)15-11(16)17-12(2,3)4/h5-6H,1-4H3,(H,15,16). The highest BCUT2D eigenvalue weighted by atomic mass is 79.9. The normalized spacial score (nSPS) is 11.2. The molecule has 0 radical (unpaired) electrons. The van der Waals surface area contributed by atoms with Gasteiger partial charge in [-0.25, -0.2) is 9.18 Å². The predicted molar refractivity (Wildman–Crippen MR) is 68.7 cm³/mol. The van der Waals surface area contributed by atoms with Gasteiger partial charge in [0.15, 0.2) is 0 Å². The van der Waals surface area contributed by atoms with Crippen molar-refractivity contribution in [3.63, 3.8) is 0 Å². The molecule has 17 heavy (non-hydrogen) atoms. The van der Waals surface area contributed by atoms with Crippen LogP contribution in [0.25, 0.3) is 0 Å². The Morgan fingerprint density at radius 1 is 1.41 bits per heavy atom. The van der Waals surface area contributed by atoms with E-state index in [9.17, 15) is 9.18 Å². The average molecular weight is 304 g/mol. The van der Waals surface area contributed by atoms with Gasteiger partial charge in [0.25, 0.3) is 0 Å². The predicted octanol–water partition coefficient (Wildman–Crippen LogP) is 4.24. The highest BCUT2D eigenvalue weighted by Crippen LogP contribution is 2.26. The minimum Gasteiger partial charge on any atom is -0.444 e. The largest absolute Gasteiger partial charge is 0.444 e. The monoisotopic (exact) mass is 303 g/mol. The average Bonchev–Trinajstić information content (AvgIpc) is 2.11. The van der Waals surface area contributed by atoms with Crippen LogP contribution in [0.1, 0.15) is 26.3 Å². The van der Waals surface area contributed by atoms with E-state index in [2.05, 4.69) is 21.2 Å². The van der Waals surface area contributed by atoms with E-state index >= 15 is 0 Å². The van der Waals surface area contributed by atoms with E-state index in [1.54, 1.807) is 33.8 Å². The number of halogens is 2. The number of amides is 1. The van der Waals surface area contributed by atoms with E-state index in [-0.39, 0.29) is 5.82 Å². The van der Waals surface area contributed by atoms with E-state index in [4.69, 9.17) is 4.74 Å². The quantitative estimate of drug-likeness (QED) is 0.842. The Kier molecular flexibility index (Phi) is 4.14. The van der Waals surface area contributed by atoms with E-state index in [1.807, 2.05) is 0 Å². The van der Waals surface area contributed by atoms with Crippen LogP contribution in [0.4, 0.5) is 14.9 Å². The molecule has 0 aliphatic rings. The number of hydrogen-bond acceptors (Lipinski definition) is 2. The van der Waals surface area contributed by atoms with Crippen molar-refractivity contribution in [2.75, 3.05) is 5.32 Å². The number of rotatable bonds is 1. The lowest BCUT2D eigenvalue weighted by Gasteiger charge is -2.20. The van der Waals surface area contributed by atoms with Crippen molar-refractivity contribution in [2.45, 2.75) is 33.3 Å². The Morgan fingerprint density at radius 2 is 2.00 bits per heavy atom. The van der Waals surface area contributed by atoms with Crippen LogP contribution in [0.2, 0.25) is 0 Å². The lowest BCUT2D eigenvalue weighted by Crippen LogP contribution is -2.27. The molecule has 0 unspecified atom stereocenters. The number of nitrogens with one attached hydrogen (secondary N) is 1. The maximum Gasteiger partial charge on any atom is 0.412 e. The molecule has 1 aromatic rings. The molecular formula is C12H15BrFNO2. The van der Waals surface area contributed by atoms with Crippen LogP contribution in [0.15, 0.2) is 16.6 Å². The lowest BCUT2D eigenvalue weighted by molar-refractivity contribution is 0.0636. The SMILES string of the molecule is Cc1cc(Br)c(NC(=O)OC(C)(C)C)cc1F. The Morgan fingerprint density at radius 3 is 2.53 bits per heavy atom. The van der Waals surface area contributed by atoms with Crippen LogP contribution >= 0.6 is 15.9 Å². The molecule has 0 fully saturated rings. The molecule has 0 saturated carbocycles. The van der Waals surface area contributed by atoms with Crippen LogP contribution < -0.4 is 5.32 Å². The molecule has 0 atom stereocenters. The van der Waals surface area contributed by atoms with Gasteiger partial charge in [0, 0.05) is 4.47 Å². The molecule has 0 spiro atoms. The summed E-state index contributed by atoms with van der Waals surface area (Å²) in [6, 6.07) is 2.85. The lowest BCUT2D eigenvalue weighted by atomic mass is 10.2. The first kappa shape index (κ1) is 14.0. The number of carbonyl (C=O) groups excluding carboxylic acids is 1. The highest BCUT2D eigenvalue weighted by molar-refractivity contribution is 9.10. The summed E-state index contributed by atoms with van der Waals surface area (Å²) in [7, 11) is 0. The van der Waals surface area contributed by atoms with Gasteiger partial charge in [-0.3, -0.25) is 5.32 Å². The van der Waals surface area contributed by atoms with Crippen molar-refractivity contribution in [1.29, 1.82) is 0 Å². The summed E-state index contributed by atoms with van der Waals surface area (Å²) in [6.45, 7) is 6.93. The minimum atomic E-state index is -0.610. The van der Waals surface area contributed by atoms with E-state index in [1.165, 1.54) is 6.07 Å². The summed E-state index contributed by atoms with van der Waals surface area (Å²) in [6.07, 6.45) is -0.610. The first-order valence-corrected chi connectivity index (χ1v) is 5.94. The summed E-state index contributed by atoms with van der Waals surface area (Å²) >= 11 is 3.25. The molecule has 1 amide bonds. The number of carbonyl (C=O) groups is 1. The molecule has 3 nitrogen and oxygen atoms in total. The molecule has 5 heteroatoms. The molecule has 0 heterocycles. The summed E-state index contributed by atoms with van der Waals surface area (Å²) in [5, 5.41) is 2.49. The molecular weight excluding hydrogens is 289 g/mol. The molecule has 0 aliphatic heterocycles. The first-order valence-electron chi connectivity index (χ1n) is 5.15. The summed E-state index contributed by atoms with van der Waals surface area (Å²) in [5.74, 6) is -0.376.